The minimum absolute atomic E-state index is 0.0275. The Morgan fingerprint density at radius 1 is 1.06 bits per heavy atom. The summed E-state index contributed by atoms with van der Waals surface area (Å²) in [6.07, 6.45) is 1.04. The predicted octanol–water partition coefficient (Wildman–Crippen LogP) is 3.92. The van der Waals surface area contributed by atoms with Gasteiger partial charge in [0.05, 0.1) is 0 Å². The highest BCUT2D eigenvalue weighted by molar-refractivity contribution is 5.90. The van der Waals surface area contributed by atoms with E-state index in [0.29, 0.717) is 0 Å². The van der Waals surface area contributed by atoms with Crippen LogP contribution in [0.2, 0.25) is 0 Å². The van der Waals surface area contributed by atoms with Gasteiger partial charge in [0.15, 0.2) is 0 Å². The third-order valence-corrected chi connectivity index (χ3v) is 6.71. The van der Waals surface area contributed by atoms with Crippen LogP contribution in [0.15, 0.2) is 48.5 Å². The lowest BCUT2D eigenvalue weighted by molar-refractivity contribution is -0.138. The molecule has 2 atom stereocenters. The first kappa shape index (κ1) is 22.8. The molecule has 0 heterocycles. The van der Waals surface area contributed by atoms with Gasteiger partial charge in [-0.15, -0.1) is 0 Å². The summed E-state index contributed by atoms with van der Waals surface area (Å²) in [5.74, 6) is -1.44. The first-order valence-electron chi connectivity index (χ1n) is 11.4. The average molecular weight is 451 g/mol. The summed E-state index contributed by atoms with van der Waals surface area (Å²) >= 11 is 0. The third-order valence-electron chi connectivity index (χ3n) is 6.71. The number of amides is 2. The first-order chi connectivity index (χ1) is 15.8. The summed E-state index contributed by atoms with van der Waals surface area (Å²) in [4.78, 5) is 36.6. The fraction of sp³-hybridized carbons (Fsp3) is 0.423. The normalized spacial score (nSPS) is 17.3. The minimum Gasteiger partial charge on any atom is -0.481 e. The van der Waals surface area contributed by atoms with Gasteiger partial charge >= 0.3 is 12.1 Å². The van der Waals surface area contributed by atoms with Gasteiger partial charge in [0.2, 0.25) is 5.91 Å². The van der Waals surface area contributed by atoms with Crippen molar-refractivity contribution in [2.75, 3.05) is 13.2 Å². The second-order valence-corrected chi connectivity index (χ2v) is 9.34. The van der Waals surface area contributed by atoms with Crippen LogP contribution in [0.4, 0.5) is 4.79 Å². The highest BCUT2D eigenvalue weighted by atomic mass is 16.5. The molecule has 2 aliphatic carbocycles. The van der Waals surface area contributed by atoms with Crippen LogP contribution in [0.5, 0.6) is 0 Å². The number of benzene rings is 2. The van der Waals surface area contributed by atoms with Crippen LogP contribution >= 0.6 is 0 Å². The molecule has 0 aliphatic heterocycles. The van der Waals surface area contributed by atoms with Crippen molar-refractivity contribution in [2.45, 2.75) is 44.6 Å². The number of fused-ring (bicyclic) bond motifs is 3. The second kappa shape index (κ2) is 9.25. The minimum atomic E-state index is -1.09. The first-order valence-corrected chi connectivity index (χ1v) is 11.4. The number of hydrogen-bond donors (Lipinski definition) is 3. The summed E-state index contributed by atoms with van der Waals surface area (Å²) < 4.78 is 5.63. The quantitative estimate of drug-likeness (QED) is 0.537. The molecule has 1 saturated carbocycles. The highest BCUT2D eigenvalue weighted by Crippen LogP contribution is 2.44. The van der Waals surface area contributed by atoms with Gasteiger partial charge in [0.25, 0.3) is 0 Å². The van der Waals surface area contributed by atoms with E-state index in [9.17, 15) is 14.4 Å². The zero-order valence-corrected chi connectivity index (χ0v) is 19.0. The largest absolute Gasteiger partial charge is 0.481 e. The number of carbonyl (C=O) groups is 3. The van der Waals surface area contributed by atoms with Crippen molar-refractivity contribution in [1.82, 2.24) is 10.6 Å². The van der Waals surface area contributed by atoms with Crippen LogP contribution < -0.4 is 10.6 Å². The van der Waals surface area contributed by atoms with Gasteiger partial charge in [-0.05, 0) is 53.9 Å². The van der Waals surface area contributed by atoms with Crippen molar-refractivity contribution in [3.05, 3.63) is 59.7 Å². The molecular weight excluding hydrogens is 420 g/mol. The molecule has 174 valence electrons. The van der Waals surface area contributed by atoms with Gasteiger partial charge < -0.3 is 20.5 Å². The maximum atomic E-state index is 12.9. The third kappa shape index (κ3) is 4.87. The molecule has 2 aromatic rings. The van der Waals surface area contributed by atoms with E-state index < -0.39 is 17.6 Å². The molecular formula is C26H30N2O5. The molecule has 7 nitrogen and oxygen atoms in total. The molecule has 0 spiro atoms. The Morgan fingerprint density at radius 3 is 2.18 bits per heavy atom. The van der Waals surface area contributed by atoms with E-state index in [1.165, 1.54) is 0 Å². The topological polar surface area (TPSA) is 105 Å². The van der Waals surface area contributed by atoms with Crippen LogP contribution in [-0.2, 0) is 14.3 Å². The van der Waals surface area contributed by atoms with E-state index in [1.807, 2.05) is 24.3 Å². The van der Waals surface area contributed by atoms with Crippen LogP contribution in [0.3, 0.4) is 0 Å². The molecule has 4 rings (SSSR count). The monoisotopic (exact) mass is 450 g/mol. The summed E-state index contributed by atoms with van der Waals surface area (Å²) in [5.41, 5.74) is 3.47. The van der Waals surface area contributed by atoms with Gasteiger partial charge in [-0.25, -0.2) is 4.79 Å². The lowest BCUT2D eigenvalue weighted by Crippen LogP contribution is -2.59. The Kier molecular flexibility index (Phi) is 6.40. The number of carbonyl (C=O) groups excluding carboxylic acids is 2. The van der Waals surface area contributed by atoms with E-state index in [4.69, 9.17) is 9.84 Å². The summed E-state index contributed by atoms with van der Waals surface area (Å²) in [6, 6.07) is 16.2. The Morgan fingerprint density at radius 2 is 1.64 bits per heavy atom. The number of carboxylic acids is 1. The fourth-order valence-corrected chi connectivity index (χ4v) is 4.67. The number of aliphatic carboxylic acids is 1. The molecule has 0 bridgehead atoms. The zero-order valence-electron chi connectivity index (χ0n) is 19.0. The second-order valence-electron chi connectivity index (χ2n) is 9.34. The zero-order chi connectivity index (χ0) is 23.6. The number of rotatable bonds is 9. The van der Waals surface area contributed by atoms with E-state index in [0.717, 1.165) is 35.1 Å². The van der Waals surface area contributed by atoms with Gasteiger partial charge in [-0.2, -0.15) is 0 Å². The Hall–Kier alpha value is -3.35. The molecule has 0 saturated heterocycles. The van der Waals surface area contributed by atoms with Crippen molar-refractivity contribution >= 4 is 18.0 Å². The van der Waals surface area contributed by atoms with Crippen LogP contribution in [0.25, 0.3) is 11.1 Å². The van der Waals surface area contributed by atoms with E-state index >= 15 is 0 Å². The molecule has 0 aromatic heterocycles. The lowest BCUT2D eigenvalue weighted by atomic mass is 9.94. The molecule has 2 amide bonds. The summed E-state index contributed by atoms with van der Waals surface area (Å²) in [5, 5.41) is 14.5. The van der Waals surface area contributed by atoms with E-state index in [1.54, 1.807) is 13.8 Å². The maximum absolute atomic E-state index is 12.9. The van der Waals surface area contributed by atoms with Crippen LogP contribution in [0.1, 0.15) is 50.2 Å². The number of carboxylic acid groups (broad SMARTS) is 1. The van der Waals surface area contributed by atoms with E-state index in [-0.39, 0.29) is 43.2 Å². The van der Waals surface area contributed by atoms with Crippen molar-refractivity contribution in [3.8, 4) is 11.1 Å². The van der Waals surface area contributed by atoms with Gasteiger partial charge in [-0.3, -0.25) is 9.59 Å². The molecule has 2 aromatic carbocycles. The van der Waals surface area contributed by atoms with Crippen molar-refractivity contribution < 1.29 is 24.2 Å². The lowest BCUT2D eigenvalue weighted by Gasteiger charge is -2.30. The van der Waals surface area contributed by atoms with Crippen molar-refractivity contribution in [2.24, 2.45) is 11.8 Å². The molecule has 33 heavy (non-hydrogen) atoms. The van der Waals surface area contributed by atoms with Crippen molar-refractivity contribution in [3.63, 3.8) is 0 Å². The number of alkyl carbamates (subject to hydrolysis) is 1. The van der Waals surface area contributed by atoms with Gasteiger partial charge in [-0.1, -0.05) is 55.5 Å². The van der Waals surface area contributed by atoms with Gasteiger partial charge in [0.1, 0.15) is 12.1 Å². The molecule has 7 heteroatoms. The fourth-order valence-electron chi connectivity index (χ4n) is 4.67. The molecule has 1 fully saturated rings. The molecule has 2 aliphatic rings. The predicted molar refractivity (Wildman–Crippen MR) is 124 cm³/mol. The molecule has 3 N–H and O–H groups in total. The van der Waals surface area contributed by atoms with Crippen LogP contribution in [0, 0.1) is 11.8 Å². The standard InChI is InChI=1S/C26H30N2O5/c1-16(13-23(29)30)14-27-24(31)26(2,17-11-12-17)28-25(32)33-15-22-20-9-5-3-7-18(20)19-8-4-6-10-21(19)22/h3-10,16-17,22H,11-15H2,1-2H3,(H,27,31)(H,28,32)(H,29,30). The Balaban J connectivity index is 1.39. The highest BCUT2D eigenvalue weighted by Gasteiger charge is 2.48. The summed E-state index contributed by atoms with van der Waals surface area (Å²) in [6.45, 7) is 3.89. The number of ether oxygens (including phenoxy) is 1. The molecule has 0 radical (unpaired) electrons. The smallest absolute Gasteiger partial charge is 0.408 e. The Bertz CT molecular complexity index is 1020. The number of nitrogens with one attached hydrogen (secondary N) is 2. The van der Waals surface area contributed by atoms with Crippen LogP contribution in [-0.4, -0.2) is 41.8 Å². The SMILES string of the molecule is CC(CNC(=O)C(C)(NC(=O)OCC1c2ccccc2-c2ccccc21)C1CC1)CC(=O)O. The summed E-state index contributed by atoms with van der Waals surface area (Å²) in [7, 11) is 0. The Labute approximate surface area is 193 Å². The van der Waals surface area contributed by atoms with Gasteiger partial charge in [0, 0.05) is 18.9 Å². The average Bonchev–Trinajstić information content (AvgIpc) is 3.59. The van der Waals surface area contributed by atoms with Crippen molar-refractivity contribution in [1.29, 1.82) is 0 Å². The molecule has 2 unspecified atom stereocenters. The van der Waals surface area contributed by atoms with E-state index in [2.05, 4.69) is 34.9 Å². The maximum Gasteiger partial charge on any atom is 0.408 e. The number of hydrogen-bond acceptors (Lipinski definition) is 4.